The highest BCUT2D eigenvalue weighted by Crippen LogP contribution is 2.16. The summed E-state index contributed by atoms with van der Waals surface area (Å²) in [5, 5.41) is 0. The second-order valence-electron chi connectivity index (χ2n) is 3.34. The van der Waals surface area contributed by atoms with Gasteiger partial charge >= 0.3 is 10.2 Å². The lowest BCUT2D eigenvalue weighted by Gasteiger charge is -2.13. The standard InChI is InChI=1S/C7H14FNO3S/c8-13(10,11)5-6(9)4-7-2-1-3-12-7/h6-7H,1-5,9H2. The summed E-state index contributed by atoms with van der Waals surface area (Å²) in [4.78, 5) is 0. The largest absolute Gasteiger partial charge is 0.378 e. The molecule has 2 atom stereocenters. The first-order chi connectivity index (χ1) is 5.97. The highest BCUT2D eigenvalue weighted by Gasteiger charge is 2.22. The summed E-state index contributed by atoms with van der Waals surface area (Å²) in [5.74, 6) is -0.604. The van der Waals surface area contributed by atoms with Crippen molar-refractivity contribution >= 4 is 10.2 Å². The van der Waals surface area contributed by atoms with Crippen LogP contribution in [0.15, 0.2) is 0 Å². The molecule has 0 aliphatic carbocycles. The molecule has 1 rings (SSSR count). The summed E-state index contributed by atoms with van der Waals surface area (Å²) in [7, 11) is -4.45. The maximum Gasteiger partial charge on any atom is 0.303 e. The maximum absolute atomic E-state index is 12.2. The van der Waals surface area contributed by atoms with E-state index < -0.39 is 22.0 Å². The van der Waals surface area contributed by atoms with Crippen molar-refractivity contribution in [3.8, 4) is 0 Å². The summed E-state index contributed by atoms with van der Waals surface area (Å²) >= 11 is 0. The Morgan fingerprint density at radius 2 is 2.31 bits per heavy atom. The van der Waals surface area contributed by atoms with Crippen molar-refractivity contribution in [1.29, 1.82) is 0 Å². The van der Waals surface area contributed by atoms with Crippen molar-refractivity contribution in [2.75, 3.05) is 12.4 Å². The zero-order valence-corrected chi connectivity index (χ0v) is 8.10. The molecule has 0 spiro atoms. The third kappa shape index (κ3) is 4.54. The zero-order chi connectivity index (χ0) is 9.90. The number of hydrogen-bond donors (Lipinski definition) is 1. The van der Waals surface area contributed by atoms with Crippen LogP contribution in [0.3, 0.4) is 0 Å². The molecule has 2 N–H and O–H groups in total. The SMILES string of the molecule is NC(CC1CCCO1)CS(=O)(=O)F. The quantitative estimate of drug-likeness (QED) is 0.673. The van der Waals surface area contributed by atoms with E-state index in [0.717, 1.165) is 12.8 Å². The number of rotatable bonds is 4. The lowest BCUT2D eigenvalue weighted by Crippen LogP contribution is -2.31. The van der Waals surface area contributed by atoms with Crippen molar-refractivity contribution in [2.45, 2.75) is 31.4 Å². The predicted octanol–water partition coefficient (Wildman–Crippen LogP) is 0.182. The fraction of sp³-hybridized carbons (Fsp3) is 1.00. The minimum Gasteiger partial charge on any atom is -0.378 e. The topological polar surface area (TPSA) is 69.4 Å². The normalized spacial score (nSPS) is 26.2. The van der Waals surface area contributed by atoms with Gasteiger partial charge in [-0.05, 0) is 19.3 Å². The Kier molecular flexibility index (Phi) is 3.63. The van der Waals surface area contributed by atoms with Crippen LogP contribution in [-0.2, 0) is 15.0 Å². The monoisotopic (exact) mass is 211 g/mol. The Balaban J connectivity index is 2.28. The molecule has 0 aromatic carbocycles. The van der Waals surface area contributed by atoms with E-state index >= 15 is 0 Å². The van der Waals surface area contributed by atoms with Gasteiger partial charge in [-0.3, -0.25) is 0 Å². The third-order valence-electron chi connectivity index (χ3n) is 2.00. The van der Waals surface area contributed by atoms with E-state index in [4.69, 9.17) is 10.5 Å². The molecule has 0 aromatic rings. The highest BCUT2D eigenvalue weighted by molar-refractivity contribution is 7.86. The molecule has 13 heavy (non-hydrogen) atoms. The van der Waals surface area contributed by atoms with Crippen LogP contribution in [0.1, 0.15) is 19.3 Å². The van der Waals surface area contributed by atoms with Crippen LogP contribution in [0.25, 0.3) is 0 Å². The summed E-state index contributed by atoms with van der Waals surface area (Å²) < 4.78 is 37.9. The Morgan fingerprint density at radius 3 is 2.77 bits per heavy atom. The van der Waals surface area contributed by atoms with E-state index in [-0.39, 0.29) is 6.10 Å². The lowest BCUT2D eigenvalue weighted by atomic mass is 10.1. The van der Waals surface area contributed by atoms with E-state index in [0.29, 0.717) is 13.0 Å². The second-order valence-corrected chi connectivity index (χ2v) is 4.75. The molecule has 78 valence electrons. The first kappa shape index (κ1) is 10.9. The summed E-state index contributed by atoms with van der Waals surface area (Å²) in [6.07, 6.45) is 2.29. The van der Waals surface area contributed by atoms with Crippen LogP contribution in [0.4, 0.5) is 3.89 Å². The molecule has 0 radical (unpaired) electrons. The molecule has 4 nitrogen and oxygen atoms in total. The van der Waals surface area contributed by atoms with Gasteiger partial charge in [0.1, 0.15) is 0 Å². The number of hydrogen-bond acceptors (Lipinski definition) is 4. The predicted molar refractivity (Wildman–Crippen MR) is 46.5 cm³/mol. The summed E-state index contributed by atoms with van der Waals surface area (Å²) in [6.45, 7) is 0.694. The van der Waals surface area contributed by atoms with E-state index in [1.807, 2.05) is 0 Å². The van der Waals surface area contributed by atoms with E-state index in [2.05, 4.69) is 0 Å². The molecule has 0 bridgehead atoms. The van der Waals surface area contributed by atoms with Crippen molar-refractivity contribution in [1.82, 2.24) is 0 Å². The van der Waals surface area contributed by atoms with Crippen LogP contribution < -0.4 is 5.73 Å². The number of nitrogens with two attached hydrogens (primary N) is 1. The van der Waals surface area contributed by atoms with E-state index in [1.165, 1.54) is 0 Å². The second kappa shape index (κ2) is 4.34. The molecule has 0 saturated carbocycles. The van der Waals surface area contributed by atoms with Gasteiger partial charge in [-0.2, -0.15) is 8.42 Å². The number of halogens is 1. The molecule has 1 heterocycles. The van der Waals surface area contributed by atoms with Gasteiger partial charge in [0.15, 0.2) is 0 Å². The molecule has 1 saturated heterocycles. The smallest absolute Gasteiger partial charge is 0.303 e. The Morgan fingerprint density at radius 1 is 1.62 bits per heavy atom. The first-order valence-electron chi connectivity index (χ1n) is 4.27. The van der Waals surface area contributed by atoms with Gasteiger partial charge in [0.2, 0.25) is 0 Å². The maximum atomic E-state index is 12.2. The van der Waals surface area contributed by atoms with Gasteiger partial charge < -0.3 is 10.5 Å². The molecule has 6 heteroatoms. The van der Waals surface area contributed by atoms with Crippen molar-refractivity contribution in [3.63, 3.8) is 0 Å². The molecule has 0 amide bonds. The average Bonchev–Trinajstić information content (AvgIpc) is 2.34. The number of ether oxygens (including phenoxy) is 1. The van der Waals surface area contributed by atoms with Gasteiger partial charge in [0.25, 0.3) is 0 Å². The molecule has 1 fully saturated rings. The van der Waals surface area contributed by atoms with E-state index in [1.54, 1.807) is 0 Å². The third-order valence-corrected chi connectivity index (χ3v) is 2.83. The van der Waals surface area contributed by atoms with Crippen LogP contribution in [0, 0.1) is 0 Å². The Hall–Kier alpha value is -0.200. The molecule has 1 aliphatic heterocycles. The summed E-state index contributed by atoms with van der Waals surface area (Å²) in [6, 6.07) is -0.655. The van der Waals surface area contributed by atoms with Crippen molar-refractivity contribution in [3.05, 3.63) is 0 Å². The zero-order valence-electron chi connectivity index (χ0n) is 7.28. The molecule has 1 aliphatic rings. The van der Waals surface area contributed by atoms with Crippen LogP contribution in [-0.4, -0.2) is 32.9 Å². The average molecular weight is 211 g/mol. The minimum absolute atomic E-state index is 0.0109. The fourth-order valence-corrected chi connectivity index (χ4v) is 2.14. The minimum atomic E-state index is -4.45. The van der Waals surface area contributed by atoms with Crippen molar-refractivity contribution in [2.24, 2.45) is 5.73 Å². The van der Waals surface area contributed by atoms with Gasteiger partial charge in [-0.1, -0.05) is 0 Å². The van der Waals surface area contributed by atoms with Gasteiger partial charge in [-0.15, -0.1) is 3.89 Å². The lowest BCUT2D eigenvalue weighted by molar-refractivity contribution is 0.0999. The fourth-order valence-electron chi connectivity index (χ4n) is 1.49. The summed E-state index contributed by atoms with van der Waals surface area (Å²) in [5.41, 5.74) is 5.44. The Bertz CT molecular complexity index is 248. The molecular formula is C7H14FNO3S. The van der Waals surface area contributed by atoms with Gasteiger partial charge in [-0.25, -0.2) is 0 Å². The van der Waals surface area contributed by atoms with E-state index in [9.17, 15) is 12.3 Å². The highest BCUT2D eigenvalue weighted by atomic mass is 32.3. The first-order valence-corrected chi connectivity index (χ1v) is 5.82. The van der Waals surface area contributed by atoms with Crippen LogP contribution in [0.2, 0.25) is 0 Å². The molecular weight excluding hydrogens is 197 g/mol. The van der Waals surface area contributed by atoms with Crippen LogP contribution >= 0.6 is 0 Å². The van der Waals surface area contributed by atoms with Crippen LogP contribution in [0.5, 0.6) is 0 Å². The molecule has 0 aromatic heterocycles. The van der Waals surface area contributed by atoms with Crippen molar-refractivity contribution < 1.29 is 17.0 Å². The Labute approximate surface area is 77.5 Å². The molecule has 2 unspecified atom stereocenters. The van der Waals surface area contributed by atoms with Gasteiger partial charge in [0, 0.05) is 12.6 Å². The van der Waals surface area contributed by atoms with Gasteiger partial charge in [0.05, 0.1) is 11.9 Å².